The predicted molar refractivity (Wildman–Crippen MR) is 125 cm³/mol. The van der Waals surface area contributed by atoms with E-state index in [0.29, 0.717) is 6.42 Å². The smallest absolute Gasteiger partial charge is 0.369 e. The molecule has 20 heteroatoms. The van der Waals surface area contributed by atoms with Crippen molar-refractivity contribution in [2.75, 3.05) is 13.2 Å². The summed E-state index contributed by atoms with van der Waals surface area (Å²) in [6.07, 6.45) is 3.42. The molecule has 1 aliphatic carbocycles. The summed E-state index contributed by atoms with van der Waals surface area (Å²) in [4.78, 5) is 50.4. The molecule has 1 aliphatic heterocycles. The van der Waals surface area contributed by atoms with E-state index in [2.05, 4.69) is 24.0 Å². The molecule has 1 saturated heterocycles. The second-order valence-corrected chi connectivity index (χ2v) is 13.1. The van der Waals surface area contributed by atoms with Crippen molar-refractivity contribution in [3.63, 3.8) is 0 Å². The minimum atomic E-state index is -5.67. The van der Waals surface area contributed by atoms with Crippen molar-refractivity contribution in [3.05, 3.63) is 10.4 Å². The summed E-state index contributed by atoms with van der Waals surface area (Å²) < 4.78 is 58.8. The molecule has 2 rings (SSSR count). The van der Waals surface area contributed by atoms with Crippen LogP contribution in [0.3, 0.4) is 0 Å². The van der Waals surface area contributed by atoms with Crippen LogP contribution in [0.4, 0.5) is 0 Å². The summed E-state index contributed by atoms with van der Waals surface area (Å²) in [5.41, 5.74) is 8.90. The van der Waals surface area contributed by atoms with Crippen LogP contribution in [-0.2, 0) is 41.1 Å². The van der Waals surface area contributed by atoms with E-state index in [1.165, 1.54) is 6.92 Å². The van der Waals surface area contributed by atoms with Gasteiger partial charge in [-0.1, -0.05) is 30.8 Å². The number of nitrogens with one attached hydrogen (secondary N) is 1. The number of hydrogen-bond acceptors (Lipinski definition) is 10. The molecule has 0 spiro atoms. The minimum absolute atomic E-state index is 0.136. The monoisotopic (exact) mass is 594 g/mol. The zero-order valence-electron chi connectivity index (χ0n) is 20.1. The lowest BCUT2D eigenvalue weighted by atomic mass is 9.91. The Labute approximate surface area is 213 Å². The number of carbonyl (C=O) groups is 1. The first-order valence-corrected chi connectivity index (χ1v) is 16.1. The van der Waals surface area contributed by atoms with E-state index in [4.69, 9.17) is 29.3 Å². The van der Waals surface area contributed by atoms with Gasteiger partial charge in [-0.3, -0.25) is 9.32 Å². The molecule has 0 bridgehead atoms. The van der Waals surface area contributed by atoms with Crippen LogP contribution in [0, 0.1) is 5.92 Å². The number of phosphoric acid groups is 3. The lowest BCUT2D eigenvalue weighted by Gasteiger charge is -2.24. The molecule has 214 valence electrons. The summed E-state index contributed by atoms with van der Waals surface area (Å²) in [5, 5.41) is 6.14. The quantitative estimate of drug-likeness (QED) is 0.0638. The zero-order valence-corrected chi connectivity index (χ0v) is 22.8. The van der Waals surface area contributed by atoms with E-state index in [1.54, 1.807) is 0 Å². The van der Waals surface area contributed by atoms with Gasteiger partial charge in [-0.15, -0.1) is 0 Å². The number of nitrogens with zero attached hydrogens (tertiary/aromatic N) is 3. The first kappa shape index (κ1) is 32.3. The van der Waals surface area contributed by atoms with Gasteiger partial charge < -0.3 is 34.4 Å². The van der Waals surface area contributed by atoms with Crippen molar-refractivity contribution >= 4 is 29.4 Å². The molecule has 0 aromatic rings. The maximum absolute atomic E-state index is 12.2. The van der Waals surface area contributed by atoms with Crippen molar-refractivity contribution < 1.29 is 60.7 Å². The highest BCUT2D eigenvalue weighted by Crippen LogP contribution is 2.66. The molecule has 6 atom stereocenters. The molecule has 0 aromatic carbocycles. The molecule has 37 heavy (non-hydrogen) atoms. The SMILES string of the molecule is CC(=O)NCCC(N=[N+]=[N-])OC1C[C@H](C2CCCCCC2)O[C@@H]1COP(=O)(O)OP(=O)(O)OP(=O)(O)O. The Kier molecular flexibility index (Phi) is 12.7. The van der Waals surface area contributed by atoms with E-state index >= 15 is 0 Å². The van der Waals surface area contributed by atoms with E-state index in [-0.39, 0.29) is 30.9 Å². The predicted octanol–water partition coefficient (Wildman–Crippen LogP) is 3.01. The van der Waals surface area contributed by atoms with E-state index in [9.17, 15) is 28.3 Å². The molecule has 1 amide bonds. The summed E-state index contributed by atoms with van der Waals surface area (Å²) >= 11 is 0. The van der Waals surface area contributed by atoms with Crippen LogP contribution < -0.4 is 5.32 Å². The Bertz CT molecular complexity index is 951. The molecule has 4 unspecified atom stereocenters. The van der Waals surface area contributed by atoms with Crippen molar-refractivity contribution in [3.8, 4) is 0 Å². The highest BCUT2D eigenvalue weighted by molar-refractivity contribution is 7.66. The molecule has 0 radical (unpaired) electrons. The van der Waals surface area contributed by atoms with Gasteiger partial charge in [0.25, 0.3) is 0 Å². The van der Waals surface area contributed by atoms with Gasteiger partial charge in [0.05, 0.1) is 18.8 Å². The maximum Gasteiger partial charge on any atom is 0.490 e. The van der Waals surface area contributed by atoms with Gasteiger partial charge >= 0.3 is 23.5 Å². The first-order chi connectivity index (χ1) is 17.2. The number of phosphoric ester groups is 1. The Morgan fingerprint density at radius 2 is 1.76 bits per heavy atom. The molecule has 1 saturated carbocycles. The average Bonchev–Trinajstić information content (AvgIpc) is 2.94. The molecule has 2 fully saturated rings. The van der Waals surface area contributed by atoms with Gasteiger partial charge in [-0.25, -0.2) is 13.7 Å². The normalized spacial score (nSPS) is 27.3. The highest BCUT2D eigenvalue weighted by atomic mass is 31.3. The molecule has 0 aromatic heterocycles. The van der Waals surface area contributed by atoms with Gasteiger partial charge in [-0.2, -0.15) is 8.62 Å². The fourth-order valence-corrected chi connectivity index (χ4v) is 7.31. The number of hydrogen-bond donors (Lipinski definition) is 5. The van der Waals surface area contributed by atoms with Crippen molar-refractivity contribution in [1.82, 2.24) is 5.32 Å². The zero-order chi connectivity index (χ0) is 27.7. The highest BCUT2D eigenvalue weighted by Gasteiger charge is 2.44. The van der Waals surface area contributed by atoms with Gasteiger partial charge in [-0.05, 0) is 30.7 Å². The lowest BCUT2D eigenvalue weighted by Crippen LogP contribution is -2.33. The fraction of sp³-hybridized carbons (Fsp3) is 0.941. The van der Waals surface area contributed by atoms with Crippen LogP contribution in [0.1, 0.15) is 58.3 Å². The van der Waals surface area contributed by atoms with Crippen LogP contribution >= 0.6 is 23.5 Å². The Balaban J connectivity index is 2.10. The topological polar surface area (TPSA) is 256 Å². The summed E-state index contributed by atoms with van der Waals surface area (Å²) in [6, 6.07) is 0. The summed E-state index contributed by atoms with van der Waals surface area (Å²) in [5.74, 6) is -0.103. The fourth-order valence-electron chi connectivity index (χ4n) is 4.28. The van der Waals surface area contributed by atoms with Crippen molar-refractivity contribution in [1.29, 1.82) is 0 Å². The van der Waals surface area contributed by atoms with Gasteiger partial charge in [0, 0.05) is 24.8 Å². The van der Waals surface area contributed by atoms with E-state index in [0.717, 1.165) is 38.5 Å². The maximum atomic E-state index is 12.2. The van der Waals surface area contributed by atoms with Gasteiger partial charge in [0.15, 0.2) is 0 Å². The standard InChI is InChI=1S/C17H33N4O13P3/c1-12(22)19-9-8-17(20-21-18)32-15-10-14(13-6-4-2-3-5-7-13)31-16(15)11-30-36(26,27)34-37(28,29)33-35(23,24)25/h13-17H,2-11H2,1H3,(H,19,22)(H,26,27)(H,28,29)(H2,23,24,25)/t14-,15?,16-,17?/m1/s1. The summed E-state index contributed by atoms with van der Waals surface area (Å²) in [7, 11) is -16.6. The minimum Gasteiger partial charge on any atom is -0.369 e. The van der Waals surface area contributed by atoms with Crippen LogP contribution in [0.5, 0.6) is 0 Å². The van der Waals surface area contributed by atoms with E-state index in [1.807, 2.05) is 0 Å². The van der Waals surface area contributed by atoms with Crippen molar-refractivity contribution in [2.45, 2.75) is 82.8 Å². The molecular weight excluding hydrogens is 561 g/mol. The second-order valence-electron chi connectivity index (χ2n) is 8.69. The third-order valence-corrected chi connectivity index (χ3v) is 9.55. The Morgan fingerprint density at radius 3 is 2.32 bits per heavy atom. The van der Waals surface area contributed by atoms with Crippen LogP contribution in [-0.4, -0.2) is 63.2 Å². The second kappa shape index (κ2) is 14.5. The van der Waals surface area contributed by atoms with Crippen LogP contribution in [0.2, 0.25) is 0 Å². The molecule has 5 N–H and O–H groups in total. The first-order valence-electron chi connectivity index (χ1n) is 11.6. The third-order valence-electron chi connectivity index (χ3n) is 5.75. The van der Waals surface area contributed by atoms with Crippen molar-refractivity contribution in [2.24, 2.45) is 11.0 Å². The van der Waals surface area contributed by atoms with Gasteiger partial charge in [0.1, 0.15) is 12.3 Å². The Hall–Kier alpha value is -0.890. The molecular formula is C17H33N4O13P3. The molecule has 1 heterocycles. The van der Waals surface area contributed by atoms with E-state index < -0.39 is 48.5 Å². The average molecular weight is 594 g/mol. The number of amides is 1. The number of rotatable bonds is 14. The van der Waals surface area contributed by atoms with Crippen LogP contribution in [0.15, 0.2) is 5.11 Å². The molecule has 2 aliphatic rings. The Morgan fingerprint density at radius 1 is 1.11 bits per heavy atom. The lowest BCUT2D eigenvalue weighted by molar-refractivity contribution is -0.119. The van der Waals surface area contributed by atoms with Gasteiger partial charge in [0.2, 0.25) is 5.91 Å². The largest absolute Gasteiger partial charge is 0.490 e. The third kappa shape index (κ3) is 12.7. The number of carbonyl (C=O) groups excluding carboxylic acids is 1. The molecule has 17 nitrogen and oxygen atoms in total. The summed E-state index contributed by atoms with van der Waals surface area (Å²) in [6.45, 7) is 0.807. The number of azide groups is 1. The van der Waals surface area contributed by atoms with Crippen LogP contribution in [0.25, 0.3) is 10.4 Å². The number of ether oxygens (including phenoxy) is 2.